The van der Waals surface area contributed by atoms with Gasteiger partial charge in [0.1, 0.15) is 12.6 Å². The molecular weight excluding hydrogens is 424 g/mol. The molecule has 2 aliphatic rings. The van der Waals surface area contributed by atoms with Gasteiger partial charge in [-0.3, -0.25) is 4.79 Å². The van der Waals surface area contributed by atoms with Gasteiger partial charge >= 0.3 is 12.1 Å². The van der Waals surface area contributed by atoms with Crippen LogP contribution in [-0.4, -0.2) is 64.4 Å². The third kappa shape index (κ3) is 4.43. The summed E-state index contributed by atoms with van der Waals surface area (Å²) in [6.45, 7) is 1.91. The minimum atomic E-state index is -1.96. The first-order valence-corrected chi connectivity index (χ1v) is 11.2. The van der Waals surface area contributed by atoms with Crippen LogP contribution >= 0.6 is 0 Å². The Morgan fingerprint density at radius 1 is 1.12 bits per heavy atom. The fourth-order valence-corrected chi connectivity index (χ4v) is 4.74. The van der Waals surface area contributed by atoms with Gasteiger partial charge in [-0.25, -0.2) is 9.59 Å². The number of nitrogens with zero attached hydrogens (tertiary/aromatic N) is 1. The van der Waals surface area contributed by atoms with Gasteiger partial charge in [-0.2, -0.15) is 0 Å². The quantitative estimate of drug-likeness (QED) is 0.621. The van der Waals surface area contributed by atoms with E-state index >= 15 is 0 Å². The van der Waals surface area contributed by atoms with E-state index in [1.54, 1.807) is 6.92 Å². The van der Waals surface area contributed by atoms with Crippen LogP contribution in [-0.2, 0) is 14.3 Å². The van der Waals surface area contributed by atoms with E-state index in [-0.39, 0.29) is 25.5 Å². The van der Waals surface area contributed by atoms with E-state index in [1.165, 1.54) is 4.90 Å². The molecule has 2 aromatic rings. The van der Waals surface area contributed by atoms with Crippen LogP contribution in [0.3, 0.4) is 0 Å². The molecule has 0 radical (unpaired) electrons. The highest BCUT2D eigenvalue weighted by atomic mass is 16.5. The highest BCUT2D eigenvalue weighted by molar-refractivity contribution is 5.87. The number of aliphatic hydroxyl groups is 1. The number of fused-ring (bicyclic) bond motifs is 3. The van der Waals surface area contributed by atoms with Crippen LogP contribution in [0.4, 0.5) is 4.79 Å². The Labute approximate surface area is 192 Å². The summed E-state index contributed by atoms with van der Waals surface area (Å²) in [5.41, 5.74) is 2.47. The number of amides is 2. The Morgan fingerprint density at radius 2 is 1.73 bits per heavy atom. The molecule has 0 aromatic heterocycles. The number of β-amino-alcohol motifs (C(OH)–C–C–N with tert-alkyl or cyclic N) is 1. The lowest BCUT2D eigenvalue weighted by molar-refractivity contribution is -0.167. The second kappa shape index (κ2) is 9.23. The highest BCUT2D eigenvalue weighted by Gasteiger charge is 2.43. The number of hydrogen-bond donors (Lipinski definition) is 3. The average molecular weight is 453 g/mol. The van der Waals surface area contributed by atoms with Crippen LogP contribution in [0.1, 0.15) is 43.2 Å². The highest BCUT2D eigenvalue weighted by Crippen LogP contribution is 2.44. The van der Waals surface area contributed by atoms with Gasteiger partial charge < -0.3 is 25.2 Å². The van der Waals surface area contributed by atoms with Crippen molar-refractivity contribution >= 4 is 18.0 Å². The second-order valence-electron chi connectivity index (χ2n) is 8.63. The summed E-state index contributed by atoms with van der Waals surface area (Å²) in [5.74, 6) is -1.87. The molecule has 8 nitrogen and oxygen atoms in total. The molecule has 1 aliphatic carbocycles. The van der Waals surface area contributed by atoms with E-state index in [1.807, 2.05) is 36.4 Å². The van der Waals surface area contributed by atoms with Crippen molar-refractivity contribution in [3.8, 4) is 11.1 Å². The van der Waals surface area contributed by atoms with E-state index in [2.05, 4.69) is 17.4 Å². The number of nitrogens with one attached hydrogen (secondary N) is 1. The van der Waals surface area contributed by atoms with Gasteiger partial charge in [0.15, 0.2) is 5.60 Å². The lowest BCUT2D eigenvalue weighted by Gasteiger charge is -2.37. The summed E-state index contributed by atoms with van der Waals surface area (Å²) in [6.07, 6.45) is 0.0616. The molecule has 1 saturated heterocycles. The number of hydrogen-bond acceptors (Lipinski definition) is 5. The largest absolute Gasteiger partial charge is 0.479 e. The zero-order valence-corrected chi connectivity index (χ0v) is 18.5. The van der Waals surface area contributed by atoms with Crippen molar-refractivity contribution in [3.63, 3.8) is 0 Å². The topological polar surface area (TPSA) is 116 Å². The van der Waals surface area contributed by atoms with Gasteiger partial charge in [0.25, 0.3) is 0 Å². The molecule has 8 heteroatoms. The molecule has 1 fully saturated rings. The molecule has 1 heterocycles. The number of likely N-dealkylation sites (tertiary alicyclic amines) is 1. The first-order chi connectivity index (χ1) is 15.8. The number of aliphatic carboxylic acids is 1. The monoisotopic (exact) mass is 452 g/mol. The number of alkyl carbamates (subject to hydrolysis) is 1. The predicted octanol–water partition coefficient (Wildman–Crippen LogP) is 2.74. The molecule has 1 unspecified atom stereocenters. The lowest BCUT2D eigenvalue weighted by Crippen LogP contribution is -2.58. The number of carbonyl (C=O) groups is 3. The van der Waals surface area contributed by atoms with Gasteiger partial charge in [-0.15, -0.1) is 0 Å². The molecule has 0 spiro atoms. The maximum Gasteiger partial charge on any atom is 0.407 e. The molecule has 2 atom stereocenters. The Bertz CT molecular complexity index is 1020. The van der Waals surface area contributed by atoms with Crippen LogP contribution in [0.15, 0.2) is 48.5 Å². The van der Waals surface area contributed by atoms with E-state index in [4.69, 9.17) is 4.74 Å². The van der Waals surface area contributed by atoms with Gasteiger partial charge in [-0.1, -0.05) is 55.5 Å². The van der Waals surface area contributed by atoms with Crippen LogP contribution in [0.25, 0.3) is 11.1 Å². The Balaban J connectivity index is 1.39. The normalized spacial score (nSPS) is 20.5. The maximum atomic E-state index is 12.9. The first-order valence-electron chi connectivity index (χ1n) is 11.2. The molecule has 33 heavy (non-hydrogen) atoms. The average Bonchev–Trinajstić information content (AvgIpc) is 3.14. The number of ether oxygens (including phenoxy) is 1. The van der Waals surface area contributed by atoms with Crippen molar-refractivity contribution in [1.29, 1.82) is 0 Å². The number of piperidine rings is 1. The molecule has 0 bridgehead atoms. The summed E-state index contributed by atoms with van der Waals surface area (Å²) in [7, 11) is 0. The molecule has 1 aliphatic heterocycles. The van der Waals surface area contributed by atoms with Crippen molar-refractivity contribution < 1.29 is 29.3 Å². The maximum absolute atomic E-state index is 12.9. The molecular formula is C25H28N2O6. The van der Waals surface area contributed by atoms with Crippen molar-refractivity contribution in [2.75, 3.05) is 19.7 Å². The molecule has 2 aromatic carbocycles. The van der Waals surface area contributed by atoms with Gasteiger partial charge in [0, 0.05) is 12.5 Å². The van der Waals surface area contributed by atoms with Crippen molar-refractivity contribution in [2.45, 2.75) is 43.7 Å². The summed E-state index contributed by atoms with van der Waals surface area (Å²) < 4.78 is 5.52. The Morgan fingerprint density at radius 3 is 2.30 bits per heavy atom. The fraction of sp³-hybridized carbons (Fsp3) is 0.400. The van der Waals surface area contributed by atoms with E-state index in [0.29, 0.717) is 19.4 Å². The van der Waals surface area contributed by atoms with Gasteiger partial charge in [-0.05, 0) is 41.5 Å². The van der Waals surface area contributed by atoms with Crippen LogP contribution in [0.2, 0.25) is 0 Å². The third-order valence-electron chi connectivity index (χ3n) is 6.52. The minimum absolute atomic E-state index is 0.0860. The SMILES string of the molecule is CC[C@H](NC(=O)OCC1c2ccccc2-c2ccccc21)C(=O)N1CCCC(O)(C(=O)O)C1. The summed E-state index contributed by atoms with van der Waals surface area (Å²) in [5, 5.41) is 22.1. The number of carboxylic acids is 1. The molecule has 4 rings (SSSR count). The lowest BCUT2D eigenvalue weighted by atomic mass is 9.92. The summed E-state index contributed by atoms with van der Waals surface area (Å²) >= 11 is 0. The van der Waals surface area contributed by atoms with Crippen molar-refractivity contribution in [3.05, 3.63) is 59.7 Å². The molecule has 174 valence electrons. The van der Waals surface area contributed by atoms with Crippen LogP contribution in [0.5, 0.6) is 0 Å². The standard InChI is InChI=1S/C25H28N2O6/c1-2-21(22(28)27-13-7-12-25(32,15-27)23(29)30)26-24(31)33-14-20-18-10-5-3-8-16(18)17-9-4-6-11-19(17)20/h3-6,8-11,20-21,32H,2,7,12-15H2,1H3,(H,26,31)(H,29,30)/t21-,25?/m0/s1. The zero-order valence-electron chi connectivity index (χ0n) is 18.5. The fourth-order valence-electron chi connectivity index (χ4n) is 4.74. The first kappa shape index (κ1) is 22.8. The number of rotatable bonds is 6. The van der Waals surface area contributed by atoms with E-state index in [9.17, 15) is 24.6 Å². The van der Waals surface area contributed by atoms with E-state index in [0.717, 1.165) is 22.3 Å². The Hall–Kier alpha value is -3.39. The number of benzene rings is 2. The predicted molar refractivity (Wildman–Crippen MR) is 121 cm³/mol. The number of carboxylic acid groups (broad SMARTS) is 1. The summed E-state index contributed by atoms with van der Waals surface area (Å²) in [4.78, 5) is 38.2. The van der Waals surface area contributed by atoms with Crippen LogP contribution < -0.4 is 5.32 Å². The summed E-state index contributed by atoms with van der Waals surface area (Å²) in [6, 6.07) is 15.2. The molecule has 3 N–H and O–H groups in total. The van der Waals surface area contributed by atoms with Crippen molar-refractivity contribution in [1.82, 2.24) is 10.2 Å². The zero-order chi connectivity index (χ0) is 23.6. The van der Waals surface area contributed by atoms with Crippen LogP contribution in [0, 0.1) is 0 Å². The molecule has 0 saturated carbocycles. The Kier molecular flexibility index (Phi) is 6.37. The van der Waals surface area contributed by atoms with Gasteiger partial charge in [0.2, 0.25) is 5.91 Å². The van der Waals surface area contributed by atoms with Gasteiger partial charge in [0.05, 0.1) is 6.54 Å². The number of carbonyl (C=O) groups excluding carboxylic acids is 2. The van der Waals surface area contributed by atoms with E-state index < -0.39 is 29.6 Å². The smallest absolute Gasteiger partial charge is 0.407 e. The third-order valence-corrected chi connectivity index (χ3v) is 6.52. The molecule has 2 amide bonds. The second-order valence-corrected chi connectivity index (χ2v) is 8.63. The van der Waals surface area contributed by atoms with Crippen molar-refractivity contribution in [2.24, 2.45) is 0 Å². The minimum Gasteiger partial charge on any atom is -0.479 e.